The van der Waals surface area contributed by atoms with Gasteiger partial charge in [0.1, 0.15) is 0 Å². The second-order valence-electron chi connectivity index (χ2n) is 4.75. The van der Waals surface area contributed by atoms with E-state index in [1.165, 1.54) is 22.0 Å². The Balaban J connectivity index is 1.84. The first kappa shape index (κ1) is 13.1. The molecule has 3 aromatic carbocycles. The topological polar surface area (TPSA) is 0 Å². The SMILES string of the molecule is c1ccc(CPc2ccccc2-c2ccccc2)cc1. The maximum atomic E-state index is 2.25. The average molecular weight is 276 g/mol. The molecule has 3 rings (SSSR count). The highest BCUT2D eigenvalue weighted by Crippen LogP contribution is 2.26. The number of benzene rings is 3. The summed E-state index contributed by atoms with van der Waals surface area (Å²) < 4.78 is 0. The van der Waals surface area contributed by atoms with Crippen LogP contribution < -0.4 is 5.30 Å². The molecule has 0 N–H and O–H groups in total. The first-order valence-electron chi connectivity index (χ1n) is 6.86. The quantitative estimate of drug-likeness (QED) is 0.597. The predicted molar refractivity (Wildman–Crippen MR) is 90.0 cm³/mol. The minimum absolute atomic E-state index is 0.806. The van der Waals surface area contributed by atoms with E-state index in [2.05, 4.69) is 84.9 Å². The van der Waals surface area contributed by atoms with E-state index in [1.54, 1.807) is 0 Å². The van der Waals surface area contributed by atoms with Crippen LogP contribution in [0.3, 0.4) is 0 Å². The molecule has 0 heterocycles. The van der Waals surface area contributed by atoms with Gasteiger partial charge in [0.15, 0.2) is 0 Å². The molecule has 0 spiro atoms. The third kappa shape index (κ3) is 3.15. The molecular weight excluding hydrogens is 259 g/mol. The fourth-order valence-electron chi connectivity index (χ4n) is 2.30. The van der Waals surface area contributed by atoms with Crippen molar-refractivity contribution in [2.45, 2.75) is 6.16 Å². The standard InChI is InChI=1S/C19H17P/c1-3-9-16(10-4-1)15-20-19-14-8-7-13-18(19)17-11-5-2-6-12-17/h1-14,20H,15H2. The van der Waals surface area contributed by atoms with E-state index in [0.29, 0.717) is 0 Å². The highest BCUT2D eigenvalue weighted by atomic mass is 31.1. The van der Waals surface area contributed by atoms with Gasteiger partial charge in [0.05, 0.1) is 0 Å². The first-order valence-corrected chi connectivity index (χ1v) is 8.06. The Hall–Kier alpha value is -1.91. The van der Waals surface area contributed by atoms with Gasteiger partial charge in [0.2, 0.25) is 0 Å². The third-order valence-electron chi connectivity index (χ3n) is 3.34. The van der Waals surface area contributed by atoms with Gasteiger partial charge in [-0.25, -0.2) is 0 Å². The molecule has 0 bridgehead atoms. The molecule has 1 heteroatoms. The summed E-state index contributed by atoms with van der Waals surface area (Å²) in [4.78, 5) is 0. The molecule has 98 valence electrons. The van der Waals surface area contributed by atoms with E-state index >= 15 is 0 Å². The maximum Gasteiger partial charge on any atom is -0.00600 e. The minimum atomic E-state index is 0.806. The Bertz CT molecular complexity index is 660. The van der Waals surface area contributed by atoms with Crippen molar-refractivity contribution >= 4 is 13.9 Å². The highest BCUT2D eigenvalue weighted by molar-refractivity contribution is 7.46. The zero-order valence-electron chi connectivity index (χ0n) is 11.3. The van der Waals surface area contributed by atoms with Crippen molar-refractivity contribution in [2.75, 3.05) is 0 Å². The van der Waals surface area contributed by atoms with Crippen molar-refractivity contribution in [1.82, 2.24) is 0 Å². The summed E-state index contributed by atoms with van der Waals surface area (Å²) in [6.07, 6.45) is 1.12. The van der Waals surface area contributed by atoms with Gasteiger partial charge in [-0.2, -0.15) is 0 Å². The molecule has 0 saturated heterocycles. The number of hydrogen-bond donors (Lipinski definition) is 0. The lowest BCUT2D eigenvalue weighted by molar-refractivity contribution is 1.41. The molecule has 20 heavy (non-hydrogen) atoms. The van der Waals surface area contributed by atoms with E-state index in [9.17, 15) is 0 Å². The molecule has 0 amide bonds. The van der Waals surface area contributed by atoms with Crippen molar-refractivity contribution in [3.05, 3.63) is 90.5 Å². The van der Waals surface area contributed by atoms with Crippen molar-refractivity contribution in [2.24, 2.45) is 0 Å². The fourth-order valence-corrected chi connectivity index (χ4v) is 3.56. The van der Waals surface area contributed by atoms with Crippen LogP contribution in [0, 0.1) is 0 Å². The molecule has 0 nitrogen and oxygen atoms in total. The first-order chi connectivity index (χ1) is 9.93. The van der Waals surface area contributed by atoms with Gasteiger partial charge in [-0.05, 0) is 28.2 Å². The molecular formula is C19H17P. The van der Waals surface area contributed by atoms with Gasteiger partial charge in [0.25, 0.3) is 0 Å². The molecule has 1 unspecified atom stereocenters. The molecule has 0 aliphatic rings. The van der Waals surface area contributed by atoms with Crippen LogP contribution in [-0.2, 0) is 6.16 Å². The summed E-state index contributed by atoms with van der Waals surface area (Å²) in [5, 5.41) is 1.45. The maximum absolute atomic E-state index is 2.25. The normalized spacial score (nSPS) is 11.0. The minimum Gasteiger partial charge on any atom is -0.0852 e. The molecule has 3 aromatic rings. The summed E-state index contributed by atoms with van der Waals surface area (Å²) in [6.45, 7) is 0. The van der Waals surface area contributed by atoms with Gasteiger partial charge in [0, 0.05) is 0 Å². The van der Waals surface area contributed by atoms with Crippen molar-refractivity contribution in [1.29, 1.82) is 0 Å². The summed E-state index contributed by atoms with van der Waals surface area (Å²) >= 11 is 0. The smallest absolute Gasteiger partial charge is 0.00600 e. The van der Waals surface area contributed by atoms with E-state index in [-0.39, 0.29) is 0 Å². The van der Waals surface area contributed by atoms with Gasteiger partial charge in [-0.15, -0.1) is 0 Å². The fraction of sp³-hybridized carbons (Fsp3) is 0.0526. The lowest BCUT2D eigenvalue weighted by Crippen LogP contribution is -1.99. The van der Waals surface area contributed by atoms with Crippen LogP contribution in [0.25, 0.3) is 11.1 Å². The Morgan fingerprint density at radius 2 is 1.20 bits per heavy atom. The zero-order valence-corrected chi connectivity index (χ0v) is 12.3. The molecule has 0 aliphatic carbocycles. The van der Waals surface area contributed by atoms with Crippen LogP contribution in [0.1, 0.15) is 5.56 Å². The van der Waals surface area contributed by atoms with Gasteiger partial charge in [-0.3, -0.25) is 0 Å². The van der Waals surface area contributed by atoms with Crippen LogP contribution >= 0.6 is 8.58 Å². The summed E-state index contributed by atoms with van der Waals surface area (Å²) in [7, 11) is 0.806. The predicted octanol–water partition coefficient (Wildman–Crippen LogP) is 4.86. The number of rotatable bonds is 4. The molecule has 0 aliphatic heterocycles. The Kier molecular flexibility index (Phi) is 4.25. The Labute approximate surface area is 122 Å². The van der Waals surface area contributed by atoms with Gasteiger partial charge < -0.3 is 0 Å². The van der Waals surface area contributed by atoms with Crippen LogP contribution in [0.15, 0.2) is 84.9 Å². The monoisotopic (exact) mass is 276 g/mol. The van der Waals surface area contributed by atoms with Crippen molar-refractivity contribution in [3.8, 4) is 11.1 Å². The van der Waals surface area contributed by atoms with E-state index in [4.69, 9.17) is 0 Å². The van der Waals surface area contributed by atoms with E-state index < -0.39 is 0 Å². The van der Waals surface area contributed by atoms with Crippen LogP contribution in [0.4, 0.5) is 0 Å². The lowest BCUT2D eigenvalue weighted by atomic mass is 10.1. The second-order valence-corrected chi connectivity index (χ2v) is 6.00. The van der Waals surface area contributed by atoms with Crippen LogP contribution in [0.5, 0.6) is 0 Å². The summed E-state index contributed by atoms with van der Waals surface area (Å²) in [5.41, 5.74) is 4.08. The van der Waals surface area contributed by atoms with Crippen molar-refractivity contribution in [3.63, 3.8) is 0 Å². The van der Waals surface area contributed by atoms with E-state index in [0.717, 1.165) is 14.7 Å². The molecule has 0 radical (unpaired) electrons. The number of hydrogen-bond acceptors (Lipinski definition) is 0. The van der Waals surface area contributed by atoms with Crippen LogP contribution in [0.2, 0.25) is 0 Å². The third-order valence-corrected chi connectivity index (χ3v) is 4.74. The molecule has 0 fully saturated rings. The highest BCUT2D eigenvalue weighted by Gasteiger charge is 2.04. The molecule has 0 aromatic heterocycles. The van der Waals surface area contributed by atoms with Gasteiger partial charge >= 0.3 is 0 Å². The Morgan fingerprint density at radius 3 is 1.95 bits per heavy atom. The second kappa shape index (κ2) is 6.50. The van der Waals surface area contributed by atoms with Crippen molar-refractivity contribution < 1.29 is 0 Å². The van der Waals surface area contributed by atoms with E-state index in [1.807, 2.05) is 0 Å². The lowest BCUT2D eigenvalue weighted by Gasteiger charge is -2.10. The average Bonchev–Trinajstić information content (AvgIpc) is 2.55. The molecule has 1 atom stereocenters. The van der Waals surface area contributed by atoms with Gasteiger partial charge in [-0.1, -0.05) is 93.5 Å². The summed E-state index contributed by atoms with van der Waals surface area (Å²) in [5.74, 6) is 0. The Morgan fingerprint density at radius 1 is 0.600 bits per heavy atom. The largest absolute Gasteiger partial charge is 0.0852 e. The molecule has 0 saturated carbocycles. The summed E-state index contributed by atoms with van der Waals surface area (Å²) in [6, 6.07) is 30.1. The zero-order chi connectivity index (χ0) is 13.6. The van der Waals surface area contributed by atoms with Crippen LogP contribution in [-0.4, -0.2) is 0 Å².